The number of aromatic nitrogens is 1. The molecule has 0 atom stereocenters. The van der Waals surface area contributed by atoms with E-state index in [1.165, 1.54) is 0 Å². The van der Waals surface area contributed by atoms with E-state index in [1.807, 2.05) is 0 Å². The standard InChI is InChI=1S/C8H8BrNO2/c1-2-12-8(11)7-4-3-6(9)5-10-7/h3-5H,2H2,1H3/i1D3,2D2,3D,4D,5D. The molecule has 1 aromatic rings. The van der Waals surface area contributed by atoms with Crippen LogP contribution in [-0.4, -0.2) is 17.5 Å². The summed E-state index contributed by atoms with van der Waals surface area (Å²) in [5.41, 5.74) is -0.795. The molecule has 0 amide bonds. The van der Waals surface area contributed by atoms with E-state index in [2.05, 4.69) is 25.7 Å². The molecule has 0 aromatic carbocycles. The first-order valence-corrected chi connectivity index (χ1v) is 3.54. The van der Waals surface area contributed by atoms with Crippen molar-refractivity contribution in [3.8, 4) is 0 Å². The average Bonchev–Trinajstić information content (AvgIpc) is 2.29. The summed E-state index contributed by atoms with van der Waals surface area (Å²) in [4.78, 5) is 15.1. The van der Waals surface area contributed by atoms with E-state index in [0.29, 0.717) is 0 Å². The van der Waals surface area contributed by atoms with Crippen LogP contribution in [0.3, 0.4) is 0 Å². The van der Waals surface area contributed by atoms with Crippen molar-refractivity contribution in [3.05, 3.63) is 28.4 Å². The summed E-state index contributed by atoms with van der Waals surface area (Å²) in [6.07, 6.45) is -0.521. The highest BCUT2D eigenvalue weighted by molar-refractivity contribution is 9.10. The van der Waals surface area contributed by atoms with E-state index in [4.69, 9.17) is 11.0 Å². The molecule has 0 unspecified atom stereocenters. The summed E-state index contributed by atoms with van der Waals surface area (Å²) in [7, 11) is 0. The zero-order valence-electron chi connectivity index (χ0n) is 13.6. The lowest BCUT2D eigenvalue weighted by Crippen LogP contribution is -2.06. The Balaban J connectivity index is 3.18. The number of carbonyl (C=O) groups is 1. The highest BCUT2D eigenvalue weighted by Crippen LogP contribution is 2.07. The molecule has 0 bridgehead atoms. The average molecular weight is 238 g/mol. The van der Waals surface area contributed by atoms with Crippen LogP contribution in [0.25, 0.3) is 0 Å². The summed E-state index contributed by atoms with van der Waals surface area (Å²) in [6, 6.07) is -1.20. The lowest BCUT2D eigenvalue weighted by Gasteiger charge is -1.99. The molecule has 0 N–H and O–H groups in total. The summed E-state index contributed by atoms with van der Waals surface area (Å²) >= 11 is 2.83. The van der Waals surface area contributed by atoms with E-state index < -0.39 is 43.3 Å². The first-order chi connectivity index (χ1) is 8.88. The van der Waals surface area contributed by atoms with Crippen LogP contribution in [0.15, 0.2) is 22.7 Å². The van der Waals surface area contributed by atoms with Gasteiger partial charge in [-0.05, 0) is 34.9 Å². The van der Waals surface area contributed by atoms with Crippen molar-refractivity contribution in [2.45, 2.75) is 6.85 Å². The monoisotopic (exact) mass is 237 g/mol. The molecule has 0 fully saturated rings. The van der Waals surface area contributed by atoms with Crippen LogP contribution in [0.2, 0.25) is 0 Å². The van der Waals surface area contributed by atoms with Gasteiger partial charge in [-0.1, -0.05) is 0 Å². The molecule has 0 spiro atoms. The molecular weight excluding hydrogens is 222 g/mol. The molecule has 0 radical (unpaired) electrons. The summed E-state index contributed by atoms with van der Waals surface area (Å²) in [5.74, 6) is -1.52. The Bertz CT molecular complexity index is 558. The summed E-state index contributed by atoms with van der Waals surface area (Å²) in [5, 5.41) is 0. The topological polar surface area (TPSA) is 39.2 Å². The van der Waals surface area contributed by atoms with Gasteiger partial charge in [-0.25, -0.2) is 9.78 Å². The minimum Gasteiger partial charge on any atom is -0.461 e. The number of nitrogens with zero attached hydrogens (tertiary/aromatic N) is 1. The third-order valence-corrected chi connectivity index (χ3v) is 1.27. The van der Waals surface area contributed by atoms with Crippen molar-refractivity contribution in [1.29, 1.82) is 0 Å². The third kappa shape index (κ3) is 2.30. The molecule has 64 valence electrons. The second kappa shape index (κ2) is 4.21. The number of hydrogen-bond acceptors (Lipinski definition) is 3. The highest BCUT2D eigenvalue weighted by atomic mass is 79.9. The molecule has 4 heteroatoms. The minimum atomic E-state index is -3.27. The maximum Gasteiger partial charge on any atom is 0.356 e. The maximum atomic E-state index is 11.7. The number of carbonyl (C=O) groups excluding carboxylic acids is 1. The molecule has 12 heavy (non-hydrogen) atoms. The van der Waals surface area contributed by atoms with Crippen LogP contribution in [0.1, 0.15) is 28.3 Å². The molecule has 0 aliphatic carbocycles. The second-order valence-corrected chi connectivity index (χ2v) is 2.42. The van der Waals surface area contributed by atoms with Crippen molar-refractivity contribution in [1.82, 2.24) is 4.98 Å². The number of pyridine rings is 1. The van der Waals surface area contributed by atoms with Gasteiger partial charge in [0.1, 0.15) is 5.69 Å². The Morgan fingerprint density at radius 1 is 2.00 bits per heavy atom. The fourth-order valence-corrected chi connectivity index (χ4v) is 0.654. The van der Waals surface area contributed by atoms with Gasteiger partial charge in [0.25, 0.3) is 0 Å². The highest BCUT2D eigenvalue weighted by Gasteiger charge is 2.05. The summed E-state index contributed by atoms with van der Waals surface area (Å²) in [6.45, 7) is -6.48. The van der Waals surface area contributed by atoms with Crippen LogP contribution in [0.5, 0.6) is 0 Å². The van der Waals surface area contributed by atoms with E-state index >= 15 is 0 Å². The van der Waals surface area contributed by atoms with Gasteiger partial charge in [0.2, 0.25) is 0 Å². The fraction of sp³-hybridized carbons (Fsp3) is 0.250. The molecule has 1 rings (SSSR count). The van der Waals surface area contributed by atoms with E-state index in [0.717, 1.165) is 0 Å². The van der Waals surface area contributed by atoms with Crippen LogP contribution >= 0.6 is 15.9 Å². The Morgan fingerprint density at radius 3 is 3.58 bits per heavy atom. The van der Waals surface area contributed by atoms with Crippen molar-refractivity contribution in [2.75, 3.05) is 6.56 Å². The molecule has 0 saturated heterocycles. The Hall–Kier alpha value is -0.900. The summed E-state index contributed by atoms with van der Waals surface area (Å²) < 4.78 is 61.4. The van der Waals surface area contributed by atoms with Gasteiger partial charge in [-0.3, -0.25) is 0 Å². The van der Waals surface area contributed by atoms with E-state index in [1.54, 1.807) is 0 Å². The van der Waals surface area contributed by atoms with Gasteiger partial charge in [0.05, 0.1) is 13.4 Å². The first-order valence-electron chi connectivity index (χ1n) is 6.75. The van der Waals surface area contributed by atoms with Crippen molar-refractivity contribution < 1.29 is 20.5 Å². The van der Waals surface area contributed by atoms with Crippen LogP contribution in [0.4, 0.5) is 0 Å². The number of esters is 1. The minimum absolute atomic E-state index is 0.113. The van der Waals surface area contributed by atoms with Gasteiger partial charge in [-0.15, -0.1) is 0 Å². The SMILES string of the molecule is [2H]c1nc(C(=O)OC([2H])([2H])C([2H])([2H])[2H])c([2H])c([2H])c1Br. The zero-order valence-corrected chi connectivity index (χ0v) is 7.23. The molecule has 1 heterocycles. The van der Waals surface area contributed by atoms with Gasteiger partial charge in [0.15, 0.2) is 0 Å². The van der Waals surface area contributed by atoms with Crippen LogP contribution in [0, 0.1) is 0 Å². The molecular formula is C8H8BrNO2. The number of ether oxygens (including phenoxy) is 1. The van der Waals surface area contributed by atoms with Crippen molar-refractivity contribution >= 4 is 21.9 Å². The normalized spacial score (nSPS) is 21.4. The van der Waals surface area contributed by atoms with Gasteiger partial charge >= 0.3 is 5.97 Å². The van der Waals surface area contributed by atoms with Gasteiger partial charge in [0, 0.05) is 14.8 Å². The smallest absolute Gasteiger partial charge is 0.356 e. The lowest BCUT2D eigenvalue weighted by atomic mass is 10.3. The number of rotatable bonds is 2. The van der Waals surface area contributed by atoms with E-state index in [-0.39, 0.29) is 4.47 Å². The molecule has 0 aliphatic heterocycles. The number of hydrogen-bond donors (Lipinski definition) is 0. The quantitative estimate of drug-likeness (QED) is 0.740. The molecule has 3 nitrogen and oxygen atoms in total. The van der Waals surface area contributed by atoms with Crippen molar-refractivity contribution in [2.24, 2.45) is 0 Å². The van der Waals surface area contributed by atoms with Gasteiger partial charge in [-0.2, -0.15) is 0 Å². The van der Waals surface area contributed by atoms with Crippen molar-refractivity contribution in [3.63, 3.8) is 0 Å². The van der Waals surface area contributed by atoms with Crippen LogP contribution in [-0.2, 0) is 4.74 Å². The maximum absolute atomic E-state index is 11.7. The predicted molar refractivity (Wildman–Crippen MR) is 47.9 cm³/mol. The zero-order chi connectivity index (χ0) is 15.9. The largest absolute Gasteiger partial charge is 0.461 e. The predicted octanol–water partition coefficient (Wildman–Crippen LogP) is 2.02. The molecule has 0 aliphatic rings. The first kappa shape index (κ1) is 3.10. The molecule has 0 saturated carbocycles. The second-order valence-electron chi connectivity index (χ2n) is 1.63. The fourth-order valence-electron chi connectivity index (χ4n) is 0.466. The van der Waals surface area contributed by atoms with Crippen LogP contribution < -0.4 is 0 Å². The van der Waals surface area contributed by atoms with Gasteiger partial charge < -0.3 is 4.74 Å². The number of halogens is 1. The Labute approximate surface area is 90.1 Å². The Morgan fingerprint density at radius 2 is 2.83 bits per heavy atom. The van der Waals surface area contributed by atoms with E-state index in [9.17, 15) is 4.79 Å². The lowest BCUT2D eigenvalue weighted by molar-refractivity contribution is 0.0519. The third-order valence-electron chi connectivity index (χ3n) is 0.894. The molecule has 1 aromatic heterocycles. The Kier molecular flexibility index (Phi) is 1.09.